The summed E-state index contributed by atoms with van der Waals surface area (Å²) in [6, 6.07) is 0.882. The molecular formula is C9H9F3O2. The molecule has 0 saturated carbocycles. The molecule has 0 unspecified atom stereocenters. The van der Waals surface area contributed by atoms with Gasteiger partial charge in [0.25, 0.3) is 0 Å². The van der Waals surface area contributed by atoms with Crippen molar-refractivity contribution in [2.24, 2.45) is 0 Å². The summed E-state index contributed by atoms with van der Waals surface area (Å²) in [4.78, 5) is 8.58. The van der Waals surface area contributed by atoms with Crippen LogP contribution in [0.1, 0.15) is 11.1 Å². The highest BCUT2D eigenvalue weighted by Gasteiger charge is 2.15. The van der Waals surface area contributed by atoms with Crippen LogP contribution in [0.25, 0.3) is 0 Å². The van der Waals surface area contributed by atoms with E-state index < -0.39 is 17.5 Å². The first-order valence-electron chi connectivity index (χ1n) is 3.86. The molecule has 2 nitrogen and oxygen atoms in total. The summed E-state index contributed by atoms with van der Waals surface area (Å²) < 4.78 is 39.0. The molecule has 0 bridgehead atoms. The van der Waals surface area contributed by atoms with Crippen LogP contribution in [0.4, 0.5) is 13.2 Å². The Morgan fingerprint density at radius 1 is 1.21 bits per heavy atom. The average molecular weight is 206 g/mol. The molecule has 0 N–H and O–H groups in total. The number of benzene rings is 1. The first-order valence-corrected chi connectivity index (χ1v) is 3.86. The zero-order chi connectivity index (χ0) is 10.7. The third-order valence-corrected chi connectivity index (χ3v) is 1.80. The molecule has 0 saturated heterocycles. The van der Waals surface area contributed by atoms with Crippen molar-refractivity contribution < 1.29 is 22.9 Å². The molecule has 0 spiro atoms. The molecule has 0 radical (unpaired) electrons. The van der Waals surface area contributed by atoms with Gasteiger partial charge >= 0.3 is 0 Å². The SMILES string of the molecule is COOCc1cc(F)c(C)c(F)c1F. The van der Waals surface area contributed by atoms with Gasteiger partial charge in [0.2, 0.25) is 0 Å². The molecular weight excluding hydrogens is 197 g/mol. The second-order valence-electron chi connectivity index (χ2n) is 2.70. The van der Waals surface area contributed by atoms with Crippen molar-refractivity contribution in [1.82, 2.24) is 0 Å². The van der Waals surface area contributed by atoms with Gasteiger partial charge in [0.05, 0.1) is 7.11 Å². The molecule has 1 aromatic carbocycles. The lowest BCUT2D eigenvalue weighted by molar-refractivity contribution is -0.282. The highest BCUT2D eigenvalue weighted by molar-refractivity contribution is 5.26. The van der Waals surface area contributed by atoms with E-state index >= 15 is 0 Å². The molecule has 0 aliphatic carbocycles. The van der Waals surface area contributed by atoms with Crippen LogP contribution in [0.2, 0.25) is 0 Å². The normalized spacial score (nSPS) is 10.6. The Labute approximate surface area is 79.2 Å². The first-order chi connectivity index (χ1) is 6.57. The van der Waals surface area contributed by atoms with Crippen molar-refractivity contribution in [1.29, 1.82) is 0 Å². The quantitative estimate of drug-likeness (QED) is 0.429. The lowest BCUT2D eigenvalue weighted by Crippen LogP contribution is -2.02. The number of rotatable bonds is 3. The van der Waals surface area contributed by atoms with Gasteiger partial charge in [-0.05, 0) is 13.0 Å². The zero-order valence-corrected chi connectivity index (χ0v) is 7.73. The van der Waals surface area contributed by atoms with Gasteiger partial charge in [-0.15, -0.1) is 0 Å². The van der Waals surface area contributed by atoms with Gasteiger partial charge in [-0.1, -0.05) is 0 Å². The lowest BCUT2D eigenvalue weighted by Gasteiger charge is -2.06. The molecule has 0 aromatic heterocycles. The van der Waals surface area contributed by atoms with E-state index in [1.165, 1.54) is 7.11 Å². The number of hydrogen-bond acceptors (Lipinski definition) is 2. The topological polar surface area (TPSA) is 18.5 Å². The van der Waals surface area contributed by atoms with Crippen molar-refractivity contribution in [2.75, 3.05) is 7.11 Å². The first kappa shape index (κ1) is 11.0. The summed E-state index contributed by atoms with van der Waals surface area (Å²) in [6.45, 7) is 0.825. The van der Waals surface area contributed by atoms with Gasteiger partial charge in [-0.25, -0.2) is 22.9 Å². The predicted octanol–water partition coefficient (Wildman–Crippen LogP) is 2.49. The second-order valence-corrected chi connectivity index (χ2v) is 2.70. The number of hydrogen-bond donors (Lipinski definition) is 0. The summed E-state index contributed by atoms with van der Waals surface area (Å²) in [5.41, 5.74) is -0.559. The third-order valence-electron chi connectivity index (χ3n) is 1.80. The summed E-state index contributed by atoms with van der Waals surface area (Å²) >= 11 is 0. The Morgan fingerprint density at radius 2 is 1.86 bits per heavy atom. The minimum atomic E-state index is -1.19. The van der Waals surface area contributed by atoms with Gasteiger partial charge in [0.15, 0.2) is 11.6 Å². The molecule has 0 atom stereocenters. The highest BCUT2D eigenvalue weighted by Crippen LogP contribution is 2.19. The fourth-order valence-corrected chi connectivity index (χ4v) is 0.962. The fourth-order valence-electron chi connectivity index (χ4n) is 0.962. The van der Waals surface area contributed by atoms with Gasteiger partial charge in [0, 0.05) is 11.1 Å². The predicted molar refractivity (Wildman–Crippen MR) is 42.9 cm³/mol. The molecule has 0 fully saturated rings. The van der Waals surface area contributed by atoms with Crippen molar-refractivity contribution >= 4 is 0 Å². The molecule has 78 valence electrons. The van der Waals surface area contributed by atoms with E-state index in [1.54, 1.807) is 0 Å². The van der Waals surface area contributed by atoms with Crippen LogP contribution in [0.15, 0.2) is 6.07 Å². The molecule has 1 aromatic rings. The maximum absolute atomic E-state index is 13.1. The Balaban J connectivity index is 3.06. The Hall–Kier alpha value is -1.07. The van der Waals surface area contributed by atoms with Crippen LogP contribution in [0, 0.1) is 24.4 Å². The maximum atomic E-state index is 13.1. The summed E-state index contributed by atoms with van der Waals surface area (Å²) in [6.07, 6.45) is 0. The van der Waals surface area contributed by atoms with Crippen molar-refractivity contribution in [3.05, 3.63) is 34.6 Å². The van der Waals surface area contributed by atoms with Crippen LogP contribution in [0.3, 0.4) is 0 Å². The molecule has 0 aliphatic rings. The van der Waals surface area contributed by atoms with E-state index in [2.05, 4.69) is 9.78 Å². The molecule has 5 heteroatoms. The molecule has 0 aliphatic heterocycles. The van der Waals surface area contributed by atoms with Crippen LogP contribution < -0.4 is 0 Å². The van der Waals surface area contributed by atoms with Crippen LogP contribution in [-0.4, -0.2) is 7.11 Å². The van der Waals surface area contributed by atoms with Crippen molar-refractivity contribution in [3.63, 3.8) is 0 Å². The lowest BCUT2D eigenvalue weighted by atomic mass is 10.1. The highest BCUT2D eigenvalue weighted by atomic mass is 19.2. The van der Waals surface area contributed by atoms with Crippen LogP contribution in [-0.2, 0) is 16.4 Å². The zero-order valence-electron chi connectivity index (χ0n) is 7.73. The van der Waals surface area contributed by atoms with Crippen LogP contribution in [0.5, 0.6) is 0 Å². The third kappa shape index (κ3) is 2.05. The van der Waals surface area contributed by atoms with Crippen molar-refractivity contribution in [2.45, 2.75) is 13.5 Å². The molecule has 1 rings (SSSR count). The van der Waals surface area contributed by atoms with E-state index in [4.69, 9.17) is 0 Å². The minimum Gasteiger partial charge on any atom is -0.240 e. The molecule has 0 amide bonds. The Kier molecular flexibility index (Phi) is 3.49. The second kappa shape index (κ2) is 4.43. The van der Waals surface area contributed by atoms with E-state index in [9.17, 15) is 13.2 Å². The Morgan fingerprint density at radius 3 is 2.43 bits per heavy atom. The monoisotopic (exact) mass is 206 g/mol. The largest absolute Gasteiger partial charge is 0.240 e. The van der Waals surface area contributed by atoms with Crippen LogP contribution >= 0.6 is 0 Å². The maximum Gasteiger partial charge on any atom is 0.165 e. The smallest absolute Gasteiger partial charge is 0.165 e. The summed E-state index contributed by atoms with van der Waals surface area (Å²) in [7, 11) is 1.22. The van der Waals surface area contributed by atoms with Crippen molar-refractivity contribution in [3.8, 4) is 0 Å². The summed E-state index contributed by atoms with van der Waals surface area (Å²) in [5, 5.41) is 0. The molecule has 14 heavy (non-hydrogen) atoms. The molecule has 0 heterocycles. The van der Waals surface area contributed by atoms with E-state index in [0.29, 0.717) is 0 Å². The van der Waals surface area contributed by atoms with E-state index in [0.717, 1.165) is 13.0 Å². The summed E-state index contributed by atoms with van der Waals surface area (Å²) in [5.74, 6) is -3.11. The van der Waals surface area contributed by atoms with E-state index in [1.807, 2.05) is 0 Å². The van der Waals surface area contributed by atoms with Gasteiger partial charge < -0.3 is 0 Å². The van der Waals surface area contributed by atoms with Gasteiger partial charge in [-0.3, -0.25) is 0 Å². The minimum absolute atomic E-state index is 0.215. The van der Waals surface area contributed by atoms with Gasteiger partial charge in [-0.2, -0.15) is 0 Å². The Bertz CT molecular complexity index is 339. The van der Waals surface area contributed by atoms with Gasteiger partial charge in [0.1, 0.15) is 12.4 Å². The fraction of sp³-hybridized carbons (Fsp3) is 0.333. The average Bonchev–Trinajstić information content (AvgIpc) is 2.18. The van der Waals surface area contributed by atoms with E-state index in [-0.39, 0.29) is 17.7 Å². The standard InChI is InChI=1S/C9H9F3O2/c1-5-7(10)3-6(4-14-13-2)9(12)8(5)11/h3H,4H2,1-2H3. The number of halogens is 3.